The highest BCUT2D eigenvalue weighted by atomic mass is 79.9. The molecule has 0 aliphatic heterocycles. The molecule has 0 saturated carbocycles. The molecule has 0 aliphatic carbocycles. The summed E-state index contributed by atoms with van der Waals surface area (Å²) in [6.45, 7) is 0. The first-order valence-corrected chi connectivity index (χ1v) is 4.64. The highest BCUT2D eigenvalue weighted by Crippen LogP contribution is 2.15. The molecule has 0 amide bonds. The lowest BCUT2D eigenvalue weighted by Gasteiger charge is -2.05. The van der Waals surface area contributed by atoms with Crippen LogP contribution in [0.15, 0.2) is 24.3 Å². The average molecular weight is 226 g/mol. The number of benzene rings is 1. The van der Waals surface area contributed by atoms with Crippen molar-refractivity contribution in [1.82, 2.24) is 0 Å². The van der Waals surface area contributed by atoms with Gasteiger partial charge < -0.3 is 5.11 Å². The Morgan fingerprint density at radius 1 is 1.42 bits per heavy atom. The molecule has 0 saturated heterocycles. The highest BCUT2D eigenvalue weighted by Gasteiger charge is 2.03. The van der Waals surface area contributed by atoms with Crippen molar-refractivity contribution in [1.29, 1.82) is 5.26 Å². The summed E-state index contributed by atoms with van der Waals surface area (Å²) in [6.07, 6.45) is -0.488. The molecule has 1 atom stereocenters. The Morgan fingerprint density at radius 3 is 2.42 bits per heavy atom. The van der Waals surface area contributed by atoms with Crippen LogP contribution in [0.25, 0.3) is 0 Å². The minimum absolute atomic E-state index is 0.488. The summed E-state index contributed by atoms with van der Waals surface area (Å²) in [5, 5.41) is 18.4. The summed E-state index contributed by atoms with van der Waals surface area (Å²) in [6, 6.07) is 8.92. The molecule has 0 bridgehead atoms. The third-order valence-corrected chi connectivity index (χ3v) is 2.18. The molecule has 0 aliphatic rings. The van der Waals surface area contributed by atoms with Crippen LogP contribution < -0.4 is 0 Å². The zero-order chi connectivity index (χ0) is 8.97. The summed E-state index contributed by atoms with van der Waals surface area (Å²) in [5.41, 5.74) is 1.44. The number of nitrogens with zero attached hydrogens (tertiary/aromatic N) is 1. The molecule has 0 radical (unpaired) electrons. The van der Waals surface area contributed by atoms with Gasteiger partial charge in [-0.1, -0.05) is 28.1 Å². The summed E-state index contributed by atoms with van der Waals surface area (Å²) in [4.78, 5) is 0. The number of hydrogen-bond acceptors (Lipinski definition) is 2. The van der Waals surface area contributed by atoms with Gasteiger partial charge in [0, 0.05) is 5.33 Å². The third-order valence-electron chi connectivity index (χ3n) is 1.57. The van der Waals surface area contributed by atoms with Crippen LogP contribution in [0.5, 0.6) is 0 Å². The number of alkyl halides is 1. The van der Waals surface area contributed by atoms with Crippen molar-refractivity contribution in [3.63, 3.8) is 0 Å². The van der Waals surface area contributed by atoms with E-state index in [1.807, 2.05) is 6.07 Å². The molecule has 1 N–H and O–H groups in total. The average Bonchev–Trinajstić information content (AvgIpc) is 2.17. The van der Waals surface area contributed by atoms with Gasteiger partial charge in [0.05, 0.1) is 17.7 Å². The normalized spacial score (nSPS) is 12.1. The molecule has 3 heteroatoms. The van der Waals surface area contributed by atoms with Crippen molar-refractivity contribution in [2.24, 2.45) is 0 Å². The Kier molecular flexibility index (Phi) is 3.27. The number of aliphatic hydroxyl groups excluding tert-OH is 1. The highest BCUT2D eigenvalue weighted by molar-refractivity contribution is 9.09. The summed E-state index contributed by atoms with van der Waals surface area (Å²) < 4.78 is 0. The van der Waals surface area contributed by atoms with Crippen LogP contribution in [-0.2, 0) is 0 Å². The lowest BCUT2D eigenvalue weighted by Crippen LogP contribution is -1.97. The van der Waals surface area contributed by atoms with Gasteiger partial charge in [-0.2, -0.15) is 5.26 Å². The predicted molar refractivity (Wildman–Crippen MR) is 49.9 cm³/mol. The number of aliphatic hydroxyl groups is 1. The fraction of sp³-hybridized carbons (Fsp3) is 0.222. The SMILES string of the molecule is N#Cc1ccc([C@@H](O)CBr)cc1. The predicted octanol–water partition coefficient (Wildman–Crippen LogP) is 1.99. The number of hydrogen-bond donors (Lipinski definition) is 1. The van der Waals surface area contributed by atoms with Crippen molar-refractivity contribution in [2.45, 2.75) is 6.10 Å². The van der Waals surface area contributed by atoms with E-state index >= 15 is 0 Å². The van der Waals surface area contributed by atoms with Gasteiger partial charge >= 0.3 is 0 Å². The second-order valence-electron chi connectivity index (χ2n) is 2.40. The Bertz CT molecular complexity index is 288. The van der Waals surface area contributed by atoms with Gasteiger partial charge in [0.1, 0.15) is 0 Å². The molecule has 1 aromatic carbocycles. The van der Waals surface area contributed by atoms with Gasteiger partial charge in [-0.3, -0.25) is 0 Å². The fourth-order valence-corrected chi connectivity index (χ4v) is 1.24. The van der Waals surface area contributed by atoms with Crippen molar-refractivity contribution < 1.29 is 5.11 Å². The maximum absolute atomic E-state index is 9.36. The molecule has 62 valence electrons. The monoisotopic (exact) mass is 225 g/mol. The van der Waals surface area contributed by atoms with E-state index in [2.05, 4.69) is 15.9 Å². The Labute approximate surface area is 79.6 Å². The third kappa shape index (κ3) is 2.07. The standard InChI is InChI=1S/C9H8BrNO/c10-5-9(12)8-3-1-7(6-11)2-4-8/h1-4,9,12H,5H2/t9-/m0/s1. The molecule has 0 heterocycles. The van der Waals surface area contributed by atoms with Crippen molar-refractivity contribution >= 4 is 15.9 Å². The topological polar surface area (TPSA) is 44.0 Å². The maximum Gasteiger partial charge on any atom is 0.0991 e. The lowest BCUT2D eigenvalue weighted by molar-refractivity contribution is 0.205. The number of nitriles is 1. The fourth-order valence-electron chi connectivity index (χ4n) is 0.869. The molecule has 0 aromatic heterocycles. The van der Waals surface area contributed by atoms with Crippen LogP contribution in [0, 0.1) is 11.3 Å². The molecule has 12 heavy (non-hydrogen) atoms. The lowest BCUT2D eigenvalue weighted by atomic mass is 10.1. The zero-order valence-corrected chi connectivity index (χ0v) is 7.95. The number of rotatable bonds is 2. The summed E-state index contributed by atoms with van der Waals surface area (Å²) >= 11 is 3.17. The van der Waals surface area contributed by atoms with E-state index in [0.717, 1.165) is 5.56 Å². The van der Waals surface area contributed by atoms with Crippen LogP contribution in [0.2, 0.25) is 0 Å². The van der Waals surface area contributed by atoms with Gasteiger partial charge in [0.25, 0.3) is 0 Å². The van der Waals surface area contributed by atoms with E-state index in [0.29, 0.717) is 10.9 Å². The van der Waals surface area contributed by atoms with Crippen molar-refractivity contribution in [3.05, 3.63) is 35.4 Å². The van der Waals surface area contributed by atoms with Crippen LogP contribution >= 0.6 is 15.9 Å². The Balaban J connectivity index is 2.86. The first-order valence-electron chi connectivity index (χ1n) is 3.52. The van der Waals surface area contributed by atoms with Gasteiger partial charge in [0.2, 0.25) is 0 Å². The Morgan fingerprint density at radius 2 is 2.00 bits per heavy atom. The zero-order valence-electron chi connectivity index (χ0n) is 6.37. The van der Waals surface area contributed by atoms with Crippen LogP contribution in [0.1, 0.15) is 17.2 Å². The summed E-state index contributed by atoms with van der Waals surface area (Å²) in [7, 11) is 0. The second-order valence-corrected chi connectivity index (χ2v) is 3.05. The van der Waals surface area contributed by atoms with Crippen LogP contribution in [-0.4, -0.2) is 10.4 Å². The van der Waals surface area contributed by atoms with Gasteiger partial charge in [-0.05, 0) is 17.7 Å². The largest absolute Gasteiger partial charge is 0.388 e. The quantitative estimate of drug-likeness (QED) is 0.783. The van der Waals surface area contributed by atoms with E-state index in [9.17, 15) is 5.11 Å². The van der Waals surface area contributed by atoms with E-state index < -0.39 is 6.10 Å². The first-order chi connectivity index (χ1) is 5.77. The minimum Gasteiger partial charge on any atom is -0.388 e. The molecule has 0 unspecified atom stereocenters. The van der Waals surface area contributed by atoms with Crippen molar-refractivity contribution in [3.8, 4) is 6.07 Å². The molecule has 0 spiro atoms. The Hall–Kier alpha value is -0.850. The van der Waals surface area contributed by atoms with E-state index in [4.69, 9.17) is 5.26 Å². The molecular formula is C9H8BrNO. The minimum atomic E-state index is -0.488. The van der Waals surface area contributed by atoms with E-state index in [1.54, 1.807) is 24.3 Å². The smallest absolute Gasteiger partial charge is 0.0991 e. The van der Waals surface area contributed by atoms with Crippen LogP contribution in [0.4, 0.5) is 0 Å². The molecule has 1 aromatic rings. The second kappa shape index (κ2) is 4.24. The molecule has 2 nitrogen and oxygen atoms in total. The number of halogens is 1. The maximum atomic E-state index is 9.36. The van der Waals surface area contributed by atoms with E-state index in [-0.39, 0.29) is 0 Å². The van der Waals surface area contributed by atoms with E-state index in [1.165, 1.54) is 0 Å². The van der Waals surface area contributed by atoms with Crippen LogP contribution in [0.3, 0.4) is 0 Å². The first kappa shape index (κ1) is 9.24. The van der Waals surface area contributed by atoms with Gasteiger partial charge in [-0.25, -0.2) is 0 Å². The van der Waals surface area contributed by atoms with Gasteiger partial charge in [0.15, 0.2) is 0 Å². The molecule has 1 rings (SSSR count). The molecule has 0 fully saturated rings. The molecular weight excluding hydrogens is 218 g/mol. The van der Waals surface area contributed by atoms with Crippen molar-refractivity contribution in [2.75, 3.05) is 5.33 Å². The van der Waals surface area contributed by atoms with Gasteiger partial charge in [-0.15, -0.1) is 0 Å². The summed E-state index contributed by atoms with van der Waals surface area (Å²) in [5.74, 6) is 0.